The van der Waals surface area contributed by atoms with Crippen LogP contribution in [0, 0.1) is 10.1 Å². The van der Waals surface area contributed by atoms with E-state index < -0.39 is 11.2 Å². The third kappa shape index (κ3) is 7.64. The summed E-state index contributed by atoms with van der Waals surface area (Å²) >= 11 is 0. The molecular weight excluding hydrogens is 348 g/mol. The van der Waals surface area contributed by atoms with Crippen molar-refractivity contribution in [3.8, 4) is 5.75 Å². The number of nitrogens with one attached hydrogen (secondary N) is 1. The molecule has 7 nitrogen and oxygen atoms in total. The van der Waals surface area contributed by atoms with Crippen LogP contribution in [0.25, 0.3) is 0 Å². The molecule has 0 radical (unpaired) electrons. The van der Waals surface area contributed by atoms with Gasteiger partial charge in [-0.1, -0.05) is 48.5 Å². The number of hydrogen-bond acceptors (Lipinski definition) is 6. The molecule has 0 saturated heterocycles. The van der Waals surface area contributed by atoms with Crippen molar-refractivity contribution in [1.82, 2.24) is 5.32 Å². The van der Waals surface area contributed by atoms with Gasteiger partial charge in [0.2, 0.25) is 0 Å². The number of aliphatic hydroxyl groups is 1. The number of nitrogens with zero attached hydrogens (tertiary/aromatic N) is 1. The van der Waals surface area contributed by atoms with Crippen molar-refractivity contribution in [2.45, 2.75) is 31.9 Å². The van der Waals surface area contributed by atoms with Gasteiger partial charge in [0.05, 0.1) is 6.10 Å². The highest BCUT2D eigenvalue weighted by Crippen LogP contribution is 2.24. The highest BCUT2D eigenvalue weighted by Gasteiger charge is 2.14. The fourth-order valence-corrected chi connectivity index (χ4v) is 2.70. The summed E-state index contributed by atoms with van der Waals surface area (Å²) in [6.45, 7) is 2.35. The second-order valence-electron chi connectivity index (χ2n) is 6.29. The van der Waals surface area contributed by atoms with Crippen molar-refractivity contribution in [3.63, 3.8) is 0 Å². The quantitative estimate of drug-likeness (QED) is 0.337. The smallest absolute Gasteiger partial charge is 0.294 e. The second-order valence-corrected chi connectivity index (χ2v) is 6.29. The predicted molar refractivity (Wildman–Crippen MR) is 102 cm³/mol. The normalized spacial score (nSPS) is 13.0. The third-order valence-electron chi connectivity index (χ3n) is 4.18. The molecule has 0 spiro atoms. The number of para-hydroxylation sites is 1. The van der Waals surface area contributed by atoms with Crippen LogP contribution in [0.2, 0.25) is 0 Å². The fourth-order valence-electron chi connectivity index (χ4n) is 2.70. The lowest BCUT2D eigenvalue weighted by molar-refractivity contribution is -0.757. The second kappa shape index (κ2) is 11.2. The van der Waals surface area contributed by atoms with Gasteiger partial charge < -0.3 is 20.0 Å². The molecule has 0 bridgehead atoms. The molecule has 2 aromatic rings. The SMILES string of the molecule is CC(CCc1ccccc1)NCC(O)c1ccccc1OCCO[N+](=O)[O-]. The maximum atomic E-state index is 10.5. The Morgan fingerprint density at radius 1 is 1.11 bits per heavy atom. The summed E-state index contributed by atoms with van der Waals surface area (Å²) in [5.41, 5.74) is 1.93. The van der Waals surface area contributed by atoms with Crippen molar-refractivity contribution in [2.75, 3.05) is 19.8 Å². The maximum absolute atomic E-state index is 10.5. The van der Waals surface area contributed by atoms with E-state index in [4.69, 9.17) is 4.74 Å². The lowest BCUT2D eigenvalue weighted by Crippen LogP contribution is -2.31. The molecule has 7 heteroatoms. The molecule has 0 aliphatic rings. The summed E-state index contributed by atoms with van der Waals surface area (Å²) in [5.74, 6) is 0.496. The zero-order chi connectivity index (χ0) is 19.5. The van der Waals surface area contributed by atoms with Gasteiger partial charge in [0.1, 0.15) is 19.0 Å². The first-order valence-corrected chi connectivity index (χ1v) is 9.00. The topological polar surface area (TPSA) is 93.9 Å². The van der Waals surface area contributed by atoms with Crippen LogP contribution in [-0.2, 0) is 11.3 Å². The van der Waals surface area contributed by atoms with Crippen LogP contribution in [0.15, 0.2) is 54.6 Å². The molecule has 2 rings (SSSR count). The summed E-state index contributed by atoms with van der Waals surface area (Å²) in [5, 5.41) is 23.1. The molecule has 0 heterocycles. The first-order valence-electron chi connectivity index (χ1n) is 9.00. The number of rotatable bonds is 12. The largest absolute Gasteiger partial charge is 0.491 e. The van der Waals surface area contributed by atoms with Crippen molar-refractivity contribution in [1.29, 1.82) is 0 Å². The Hall–Kier alpha value is -2.64. The Morgan fingerprint density at radius 3 is 2.56 bits per heavy atom. The lowest BCUT2D eigenvalue weighted by atomic mass is 10.0. The first kappa shape index (κ1) is 20.7. The lowest BCUT2D eigenvalue weighted by Gasteiger charge is -2.19. The predicted octanol–water partition coefficient (Wildman–Crippen LogP) is 2.92. The first-order chi connectivity index (χ1) is 13.1. The Labute approximate surface area is 159 Å². The minimum absolute atomic E-state index is 0.0334. The molecule has 0 amide bonds. The van der Waals surface area contributed by atoms with E-state index in [0.29, 0.717) is 17.9 Å². The molecule has 0 aliphatic carbocycles. The molecular formula is C20H26N2O5. The molecule has 2 atom stereocenters. The minimum atomic E-state index is -0.856. The van der Waals surface area contributed by atoms with Gasteiger partial charge in [-0.2, -0.15) is 0 Å². The van der Waals surface area contributed by atoms with Crippen molar-refractivity contribution < 1.29 is 19.8 Å². The molecule has 146 valence electrons. The van der Waals surface area contributed by atoms with Crippen LogP contribution in [0.4, 0.5) is 0 Å². The molecule has 2 N–H and O–H groups in total. The van der Waals surface area contributed by atoms with E-state index >= 15 is 0 Å². The minimum Gasteiger partial charge on any atom is -0.491 e. The van der Waals surface area contributed by atoms with Crippen LogP contribution in [0.5, 0.6) is 5.75 Å². The van der Waals surface area contributed by atoms with Crippen LogP contribution in [0.3, 0.4) is 0 Å². The molecule has 0 saturated carbocycles. The van der Waals surface area contributed by atoms with E-state index in [1.807, 2.05) is 24.3 Å². The van der Waals surface area contributed by atoms with Gasteiger partial charge in [-0.05, 0) is 31.4 Å². The van der Waals surface area contributed by atoms with Crippen molar-refractivity contribution in [2.24, 2.45) is 0 Å². The van der Waals surface area contributed by atoms with Crippen molar-refractivity contribution >= 4 is 0 Å². The zero-order valence-corrected chi connectivity index (χ0v) is 15.4. The molecule has 2 unspecified atom stereocenters. The summed E-state index contributed by atoms with van der Waals surface area (Å²) in [6.07, 6.45) is 1.20. The number of aliphatic hydroxyl groups excluding tert-OH is 1. The van der Waals surface area contributed by atoms with Crippen LogP contribution in [0.1, 0.15) is 30.6 Å². The van der Waals surface area contributed by atoms with Crippen molar-refractivity contribution in [3.05, 3.63) is 75.8 Å². The van der Waals surface area contributed by atoms with Gasteiger partial charge in [0, 0.05) is 18.2 Å². The summed E-state index contributed by atoms with van der Waals surface area (Å²) in [7, 11) is 0. The van der Waals surface area contributed by atoms with E-state index in [1.54, 1.807) is 18.2 Å². The van der Waals surface area contributed by atoms with Gasteiger partial charge in [-0.15, -0.1) is 10.1 Å². The Bertz CT molecular complexity index is 696. The van der Waals surface area contributed by atoms with Gasteiger partial charge in [-0.25, -0.2) is 0 Å². The summed E-state index contributed by atoms with van der Waals surface area (Å²) < 4.78 is 5.50. The van der Waals surface area contributed by atoms with E-state index in [1.165, 1.54) is 5.56 Å². The van der Waals surface area contributed by atoms with Crippen LogP contribution < -0.4 is 10.1 Å². The van der Waals surface area contributed by atoms with Gasteiger partial charge in [0.25, 0.3) is 5.09 Å². The average molecular weight is 374 g/mol. The molecule has 0 aliphatic heterocycles. The number of benzene rings is 2. The molecule has 0 fully saturated rings. The van der Waals surface area contributed by atoms with E-state index in [0.717, 1.165) is 12.8 Å². The Morgan fingerprint density at radius 2 is 1.81 bits per heavy atom. The summed E-state index contributed by atoms with van der Waals surface area (Å²) in [6, 6.07) is 17.7. The highest BCUT2D eigenvalue weighted by molar-refractivity contribution is 5.35. The molecule has 27 heavy (non-hydrogen) atoms. The van der Waals surface area contributed by atoms with Gasteiger partial charge >= 0.3 is 0 Å². The van der Waals surface area contributed by atoms with Crippen LogP contribution >= 0.6 is 0 Å². The maximum Gasteiger partial charge on any atom is 0.294 e. The van der Waals surface area contributed by atoms with Gasteiger partial charge in [-0.3, -0.25) is 0 Å². The molecule has 0 aromatic heterocycles. The van der Waals surface area contributed by atoms with Crippen LogP contribution in [-0.4, -0.2) is 36.0 Å². The van der Waals surface area contributed by atoms with Gasteiger partial charge in [0.15, 0.2) is 0 Å². The highest BCUT2D eigenvalue weighted by atomic mass is 17.0. The molecule has 2 aromatic carbocycles. The average Bonchev–Trinajstić information content (AvgIpc) is 2.68. The monoisotopic (exact) mass is 374 g/mol. The number of hydrogen-bond donors (Lipinski definition) is 2. The fraction of sp³-hybridized carbons (Fsp3) is 0.400. The van der Waals surface area contributed by atoms with E-state index in [9.17, 15) is 15.2 Å². The third-order valence-corrected chi connectivity index (χ3v) is 4.18. The Kier molecular flexibility index (Phi) is 8.54. The zero-order valence-electron chi connectivity index (χ0n) is 15.4. The number of ether oxygens (including phenoxy) is 1. The van der Waals surface area contributed by atoms with E-state index in [-0.39, 0.29) is 19.3 Å². The Balaban J connectivity index is 1.79. The van der Waals surface area contributed by atoms with E-state index in [2.05, 4.69) is 29.2 Å². The summed E-state index contributed by atoms with van der Waals surface area (Å²) in [4.78, 5) is 14.4. The number of aryl methyl sites for hydroxylation is 1. The standard InChI is InChI=1S/C20H26N2O5/c1-16(11-12-17-7-3-2-4-8-17)21-15-19(23)18-9-5-6-10-20(18)26-13-14-27-22(24)25/h2-10,16,19,21,23H,11-15H2,1H3.